The highest BCUT2D eigenvalue weighted by atomic mass is 19.4. The summed E-state index contributed by atoms with van der Waals surface area (Å²) in [6.45, 7) is 4.31. The number of fused-ring (bicyclic) bond motifs is 1. The number of aromatic nitrogens is 1. The van der Waals surface area contributed by atoms with Crippen molar-refractivity contribution in [2.24, 2.45) is 0 Å². The topological polar surface area (TPSA) is 87.7 Å². The van der Waals surface area contributed by atoms with Gasteiger partial charge in [0.05, 0.1) is 12.2 Å². The molecule has 0 spiro atoms. The minimum Gasteiger partial charge on any atom is -0.463 e. The summed E-state index contributed by atoms with van der Waals surface area (Å²) in [5.41, 5.74) is -0.273. The van der Waals surface area contributed by atoms with Crippen molar-refractivity contribution in [3.05, 3.63) is 76.0 Å². The third-order valence-electron chi connectivity index (χ3n) is 6.19. The predicted octanol–water partition coefficient (Wildman–Crippen LogP) is 6.76. The lowest BCUT2D eigenvalue weighted by molar-refractivity contribution is -0.274. The van der Waals surface area contributed by atoms with Crippen LogP contribution in [0.3, 0.4) is 0 Å². The second kappa shape index (κ2) is 14.4. The molecule has 0 saturated heterocycles. The van der Waals surface area contributed by atoms with Crippen LogP contribution in [-0.4, -0.2) is 23.5 Å². The minimum absolute atomic E-state index is 0.154. The third kappa shape index (κ3) is 9.77. The largest absolute Gasteiger partial charge is 0.573 e. The first-order valence-electron chi connectivity index (χ1n) is 13.0. The summed E-state index contributed by atoms with van der Waals surface area (Å²) in [5, 5.41) is 0.541. The standard InChI is InChI=1S/C29H32F3NO6/c1-2-27(35)37-17-11-9-7-5-3-4-6-8-10-16-33-20-22-18-24(28(36)38-25(22)19-26(33)34)21-12-14-23(15-13-21)39-29(30,31)32/h2,12-15,18-20H,1,3-11,16-17H2. The van der Waals surface area contributed by atoms with E-state index in [2.05, 4.69) is 11.3 Å². The van der Waals surface area contributed by atoms with Crippen LogP contribution >= 0.6 is 0 Å². The molecular weight excluding hydrogens is 515 g/mol. The van der Waals surface area contributed by atoms with Gasteiger partial charge in [0.1, 0.15) is 11.3 Å². The smallest absolute Gasteiger partial charge is 0.463 e. The van der Waals surface area contributed by atoms with E-state index >= 15 is 0 Å². The van der Waals surface area contributed by atoms with Crippen molar-refractivity contribution in [1.82, 2.24) is 4.57 Å². The van der Waals surface area contributed by atoms with Gasteiger partial charge >= 0.3 is 18.0 Å². The number of pyridine rings is 1. The molecule has 0 bridgehead atoms. The quantitative estimate of drug-likeness (QED) is 0.119. The number of alkyl halides is 3. The van der Waals surface area contributed by atoms with Crippen LogP contribution in [-0.2, 0) is 16.1 Å². The van der Waals surface area contributed by atoms with E-state index in [0.717, 1.165) is 76.0 Å². The molecule has 3 aromatic rings. The summed E-state index contributed by atoms with van der Waals surface area (Å²) in [5.74, 6) is -0.779. The molecule has 0 aliphatic rings. The van der Waals surface area contributed by atoms with E-state index in [4.69, 9.17) is 9.15 Å². The zero-order valence-corrected chi connectivity index (χ0v) is 21.6. The first-order chi connectivity index (χ1) is 18.7. The molecule has 0 amide bonds. The number of carbonyl (C=O) groups excluding carboxylic acids is 1. The zero-order valence-electron chi connectivity index (χ0n) is 21.6. The fraction of sp³-hybridized carbons (Fsp3) is 0.414. The number of unbranched alkanes of at least 4 members (excludes halogenated alkanes) is 8. The SMILES string of the molecule is C=CC(=O)OCCCCCCCCCCCn1cc2cc(-c3ccc(OC(F)(F)F)cc3)c(=O)oc2cc1=O. The van der Waals surface area contributed by atoms with Gasteiger partial charge in [-0.2, -0.15) is 0 Å². The van der Waals surface area contributed by atoms with Crippen LogP contribution in [0.1, 0.15) is 57.8 Å². The number of rotatable bonds is 15. The van der Waals surface area contributed by atoms with Crippen LogP contribution < -0.4 is 15.9 Å². The van der Waals surface area contributed by atoms with Crippen molar-refractivity contribution >= 4 is 16.9 Å². The molecular formula is C29H32F3NO6. The van der Waals surface area contributed by atoms with Crippen molar-refractivity contribution < 1.29 is 31.9 Å². The van der Waals surface area contributed by atoms with Crippen LogP contribution in [0.25, 0.3) is 22.1 Å². The summed E-state index contributed by atoms with van der Waals surface area (Å²) in [6.07, 6.45) is 7.21. The van der Waals surface area contributed by atoms with E-state index in [0.29, 0.717) is 24.1 Å². The molecule has 2 heterocycles. The number of ether oxygens (including phenoxy) is 2. The summed E-state index contributed by atoms with van der Waals surface area (Å²) < 4.78 is 52.9. The fourth-order valence-electron chi connectivity index (χ4n) is 4.21. The molecule has 39 heavy (non-hydrogen) atoms. The molecule has 0 saturated carbocycles. The number of halogens is 3. The first kappa shape index (κ1) is 29.7. The summed E-state index contributed by atoms with van der Waals surface area (Å²) >= 11 is 0. The molecule has 0 radical (unpaired) electrons. The van der Waals surface area contributed by atoms with Gasteiger partial charge in [-0.3, -0.25) is 4.79 Å². The average Bonchev–Trinajstić information content (AvgIpc) is 2.88. The Kier molecular flexibility index (Phi) is 11.0. The maximum atomic E-state index is 12.5. The lowest BCUT2D eigenvalue weighted by Gasteiger charge is -2.10. The van der Waals surface area contributed by atoms with Crippen molar-refractivity contribution in [3.63, 3.8) is 0 Å². The Bertz CT molecular complexity index is 1360. The van der Waals surface area contributed by atoms with Gasteiger partial charge in [-0.25, -0.2) is 9.59 Å². The molecule has 1 aromatic carbocycles. The highest BCUT2D eigenvalue weighted by molar-refractivity contribution is 5.81. The van der Waals surface area contributed by atoms with Crippen LogP contribution in [0, 0.1) is 0 Å². The third-order valence-corrected chi connectivity index (χ3v) is 6.19. The Morgan fingerprint density at radius 3 is 2.15 bits per heavy atom. The lowest BCUT2D eigenvalue weighted by atomic mass is 10.1. The Morgan fingerprint density at radius 1 is 0.923 bits per heavy atom. The molecule has 210 valence electrons. The fourth-order valence-corrected chi connectivity index (χ4v) is 4.21. The number of esters is 1. The molecule has 0 fully saturated rings. The maximum absolute atomic E-state index is 12.5. The van der Waals surface area contributed by atoms with Gasteiger partial charge in [0, 0.05) is 30.3 Å². The number of benzene rings is 1. The van der Waals surface area contributed by atoms with E-state index in [1.54, 1.807) is 16.8 Å². The van der Waals surface area contributed by atoms with Crippen molar-refractivity contribution in [1.29, 1.82) is 0 Å². The molecule has 0 unspecified atom stereocenters. The highest BCUT2D eigenvalue weighted by Gasteiger charge is 2.31. The molecule has 0 aliphatic heterocycles. The maximum Gasteiger partial charge on any atom is 0.573 e. The van der Waals surface area contributed by atoms with E-state index < -0.39 is 17.7 Å². The van der Waals surface area contributed by atoms with Gasteiger partial charge in [0.25, 0.3) is 5.56 Å². The molecule has 0 atom stereocenters. The number of hydrogen-bond acceptors (Lipinski definition) is 6. The van der Waals surface area contributed by atoms with Gasteiger partial charge < -0.3 is 18.5 Å². The second-order valence-corrected chi connectivity index (χ2v) is 9.20. The molecule has 2 aromatic heterocycles. The molecule has 7 nitrogen and oxygen atoms in total. The zero-order chi connectivity index (χ0) is 28.3. The van der Waals surface area contributed by atoms with E-state index in [1.807, 2.05) is 0 Å². The van der Waals surface area contributed by atoms with Crippen LogP contribution in [0.4, 0.5) is 13.2 Å². The van der Waals surface area contributed by atoms with Gasteiger partial charge in [0.2, 0.25) is 0 Å². The normalized spacial score (nSPS) is 11.5. The van der Waals surface area contributed by atoms with Crippen LogP contribution in [0.2, 0.25) is 0 Å². The van der Waals surface area contributed by atoms with Crippen LogP contribution in [0.5, 0.6) is 5.75 Å². The molecule has 10 heteroatoms. The Labute approximate surface area is 223 Å². The predicted molar refractivity (Wildman–Crippen MR) is 142 cm³/mol. The first-order valence-corrected chi connectivity index (χ1v) is 13.0. The summed E-state index contributed by atoms with van der Waals surface area (Å²) in [6, 6.07) is 7.78. The second-order valence-electron chi connectivity index (χ2n) is 9.20. The summed E-state index contributed by atoms with van der Waals surface area (Å²) in [7, 11) is 0. The van der Waals surface area contributed by atoms with Gasteiger partial charge in [-0.05, 0) is 36.6 Å². The number of hydrogen-bond donors (Lipinski definition) is 0. The van der Waals surface area contributed by atoms with Crippen molar-refractivity contribution in [2.75, 3.05) is 6.61 Å². The molecule has 0 aliphatic carbocycles. The Morgan fingerprint density at radius 2 is 1.54 bits per heavy atom. The van der Waals surface area contributed by atoms with E-state index in [1.165, 1.54) is 18.2 Å². The van der Waals surface area contributed by atoms with Gasteiger partial charge in [-0.1, -0.05) is 63.7 Å². The Hall–Kier alpha value is -3.82. The van der Waals surface area contributed by atoms with Gasteiger partial charge in [-0.15, -0.1) is 13.2 Å². The average molecular weight is 548 g/mol. The molecule has 3 rings (SSSR count). The summed E-state index contributed by atoms with van der Waals surface area (Å²) in [4.78, 5) is 35.9. The van der Waals surface area contributed by atoms with Crippen molar-refractivity contribution in [2.45, 2.75) is 70.7 Å². The van der Waals surface area contributed by atoms with Crippen LogP contribution in [0.15, 0.2) is 69.3 Å². The van der Waals surface area contributed by atoms with Gasteiger partial charge in [0.15, 0.2) is 0 Å². The van der Waals surface area contributed by atoms with E-state index in [-0.39, 0.29) is 22.7 Å². The number of nitrogens with zero attached hydrogens (tertiary/aromatic N) is 1. The monoisotopic (exact) mass is 547 g/mol. The number of carbonyl (C=O) groups is 1. The Balaban J connectivity index is 1.47. The number of aryl methyl sites for hydroxylation is 1. The van der Waals surface area contributed by atoms with Crippen molar-refractivity contribution in [3.8, 4) is 16.9 Å². The molecule has 0 N–H and O–H groups in total. The van der Waals surface area contributed by atoms with E-state index in [9.17, 15) is 27.6 Å². The lowest BCUT2D eigenvalue weighted by Crippen LogP contribution is -2.19. The highest BCUT2D eigenvalue weighted by Crippen LogP contribution is 2.26. The minimum atomic E-state index is -4.81.